The van der Waals surface area contributed by atoms with Crippen molar-refractivity contribution in [2.24, 2.45) is 13.0 Å². The van der Waals surface area contributed by atoms with E-state index in [1.165, 1.54) is 25.9 Å². The van der Waals surface area contributed by atoms with Crippen LogP contribution in [0.15, 0.2) is 12.5 Å². The molecule has 6 nitrogen and oxygen atoms in total. The molecule has 0 aromatic carbocycles. The third kappa shape index (κ3) is 3.22. The molecule has 3 aliphatic heterocycles. The van der Waals surface area contributed by atoms with Crippen LogP contribution in [0.5, 0.6) is 0 Å². The standard InChI is InChI=1S/C18H28N4O2/c1-20-11-16(19-14-20)17(23)22-8-4-5-18(13-22)9-15(12-24-18)10-21-6-2-3-7-21/h11,14-15H,2-10,12-13H2,1H3/t15-,18+/m1/s1. The van der Waals surface area contributed by atoms with Crippen LogP contribution in [0.2, 0.25) is 0 Å². The summed E-state index contributed by atoms with van der Waals surface area (Å²) >= 11 is 0. The summed E-state index contributed by atoms with van der Waals surface area (Å²) in [6, 6.07) is 0. The molecule has 3 aliphatic rings. The van der Waals surface area contributed by atoms with Gasteiger partial charge in [0, 0.05) is 26.3 Å². The van der Waals surface area contributed by atoms with E-state index in [1.807, 2.05) is 16.5 Å². The molecular formula is C18H28N4O2. The van der Waals surface area contributed by atoms with Gasteiger partial charge in [0.2, 0.25) is 0 Å². The van der Waals surface area contributed by atoms with Crippen LogP contribution >= 0.6 is 0 Å². The number of piperidine rings is 1. The zero-order valence-electron chi connectivity index (χ0n) is 14.6. The van der Waals surface area contributed by atoms with Crippen molar-refractivity contribution in [1.82, 2.24) is 19.4 Å². The minimum atomic E-state index is -0.118. The number of imidazole rings is 1. The van der Waals surface area contributed by atoms with Gasteiger partial charge >= 0.3 is 0 Å². The summed E-state index contributed by atoms with van der Waals surface area (Å²) in [7, 11) is 1.89. The maximum absolute atomic E-state index is 12.7. The lowest BCUT2D eigenvalue weighted by Crippen LogP contribution is -2.50. The summed E-state index contributed by atoms with van der Waals surface area (Å²) in [6.45, 7) is 6.04. The summed E-state index contributed by atoms with van der Waals surface area (Å²) in [5.41, 5.74) is 0.425. The number of nitrogens with zero attached hydrogens (tertiary/aromatic N) is 4. The Morgan fingerprint density at radius 1 is 1.33 bits per heavy atom. The topological polar surface area (TPSA) is 50.6 Å². The summed E-state index contributed by atoms with van der Waals surface area (Å²) in [5.74, 6) is 0.661. The normalized spacial score (nSPS) is 31.2. The van der Waals surface area contributed by atoms with E-state index in [0.29, 0.717) is 11.6 Å². The first-order valence-electron chi connectivity index (χ1n) is 9.27. The lowest BCUT2D eigenvalue weighted by molar-refractivity contribution is -0.0451. The van der Waals surface area contributed by atoms with Gasteiger partial charge in [0.15, 0.2) is 0 Å². The van der Waals surface area contributed by atoms with Crippen LogP contribution in [-0.2, 0) is 11.8 Å². The van der Waals surface area contributed by atoms with E-state index in [-0.39, 0.29) is 11.5 Å². The van der Waals surface area contributed by atoms with Crippen LogP contribution in [0.1, 0.15) is 42.6 Å². The number of aromatic nitrogens is 2. The van der Waals surface area contributed by atoms with Crippen LogP contribution in [0, 0.1) is 5.92 Å². The molecule has 0 bridgehead atoms. The van der Waals surface area contributed by atoms with E-state index in [2.05, 4.69) is 9.88 Å². The highest BCUT2D eigenvalue weighted by Gasteiger charge is 2.45. The van der Waals surface area contributed by atoms with E-state index in [9.17, 15) is 4.79 Å². The van der Waals surface area contributed by atoms with Crippen LogP contribution in [0.25, 0.3) is 0 Å². The second-order valence-electron chi connectivity index (χ2n) is 7.83. The van der Waals surface area contributed by atoms with Gasteiger partial charge in [-0.05, 0) is 51.1 Å². The molecule has 132 valence electrons. The van der Waals surface area contributed by atoms with Crippen LogP contribution < -0.4 is 0 Å². The zero-order valence-corrected chi connectivity index (χ0v) is 14.6. The number of hydrogen-bond donors (Lipinski definition) is 0. The molecule has 24 heavy (non-hydrogen) atoms. The highest BCUT2D eigenvalue weighted by Crippen LogP contribution is 2.38. The van der Waals surface area contributed by atoms with Crippen molar-refractivity contribution in [3.05, 3.63) is 18.2 Å². The monoisotopic (exact) mass is 332 g/mol. The van der Waals surface area contributed by atoms with Crippen molar-refractivity contribution < 1.29 is 9.53 Å². The summed E-state index contributed by atoms with van der Waals surface area (Å²) < 4.78 is 8.10. The first-order chi connectivity index (χ1) is 11.6. The molecule has 4 heterocycles. The van der Waals surface area contributed by atoms with Crippen molar-refractivity contribution in [2.75, 3.05) is 39.3 Å². The molecule has 3 fully saturated rings. The Kier molecular flexibility index (Phi) is 4.35. The fourth-order valence-electron chi connectivity index (χ4n) is 4.63. The smallest absolute Gasteiger partial charge is 0.274 e. The number of hydrogen-bond acceptors (Lipinski definition) is 4. The number of rotatable bonds is 3. The van der Waals surface area contributed by atoms with E-state index in [1.54, 1.807) is 12.5 Å². The average Bonchev–Trinajstić information content (AvgIpc) is 3.30. The molecule has 1 aromatic rings. The molecule has 0 saturated carbocycles. The average molecular weight is 332 g/mol. The Balaban J connectivity index is 1.38. The number of carbonyl (C=O) groups is 1. The number of aryl methyl sites for hydroxylation is 1. The van der Waals surface area contributed by atoms with E-state index in [0.717, 1.165) is 45.5 Å². The van der Waals surface area contributed by atoms with Crippen molar-refractivity contribution >= 4 is 5.91 Å². The first-order valence-corrected chi connectivity index (χ1v) is 9.27. The third-order valence-corrected chi connectivity index (χ3v) is 5.75. The minimum absolute atomic E-state index is 0.0428. The SMILES string of the molecule is Cn1cnc(C(=O)N2CCC[C@]3(C[C@H](CN4CCCC4)CO3)C2)c1. The molecule has 0 radical (unpaired) electrons. The predicted octanol–water partition coefficient (Wildman–Crippen LogP) is 1.53. The van der Waals surface area contributed by atoms with Gasteiger partial charge in [-0.15, -0.1) is 0 Å². The molecule has 6 heteroatoms. The molecule has 0 N–H and O–H groups in total. The molecule has 1 spiro atoms. The van der Waals surface area contributed by atoms with Crippen LogP contribution in [0.4, 0.5) is 0 Å². The Morgan fingerprint density at radius 2 is 2.17 bits per heavy atom. The molecule has 1 amide bonds. The van der Waals surface area contributed by atoms with Gasteiger partial charge in [-0.1, -0.05) is 0 Å². The molecular weight excluding hydrogens is 304 g/mol. The zero-order chi connectivity index (χ0) is 16.6. The number of amides is 1. The van der Waals surface area contributed by atoms with Gasteiger partial charge in [-0.25, -0.2) is 4.98 Å². The summed E-state index contributed by atoms with van der Waals surface area (Å²) in [4.78, 5) is 21.4. The van der Waals surface area contributed by atoms with Crippen LogP contribution in [0.3, 0.4) is 0 Å². The largest absolute Gasteiger partial charge is 0.373 e. The fraction of sp³-hybridized carbons (Fsp3) is 0.778. The van der Waals surface area contributed by atoms with Crippen molar-refractivity contribution in [3.63, 3.8) is 0 Å². The van der Waals surface area contributed by atoms with Gasteiger partial charge in [0.05, 0.1) is 25.1 Å². The molecule has 1 aromatic heterocycles. The first kappa shape index (κ1) is 16.1. The minimum Gasteiger partial charge on any atom is -0.373 e. The third-order valence-electron chi connectivity index (χ3n) is 5.75. The van der Waals surface area contributed by atoms with Gasteiger partial charge in [0.1, 0.15) is 5.69 Å². The van der Waals surface area contributed by atoms with Gasteiger partial charge in [-0.2, -0.15) is 0 Å². The quantitative estimate of drug-likeness (QED) is 0.842. The fourth-order valence-corrected chi connectivity index (χ4v) is 4.63. The maximum atomic E-state index is 12.7. The Morgan fingerprint density at radius 3 is 2.92 bits per heavy atom. The number of carbonyl (C=O) groups excluding carboxylic acids is 1. The Hall–Kier alpha value is -1.40. The molecule has 2 atom stereocenters. The second kappa shape index (κ2) is 6.48. The number of ether oxygens (including phenoxy) is 1. The maximum Gasteiger partial charge on any atom is 0.274 e. The van der Waals surface area contributed by atoms with Crippen molar-refractivity contribution in [1.29, 1.82) is 0 Å². The second-order valence-corrected chi connectivity index (χ2v) is 7.83. The Bertz CT molecular complexity index is 596. The van der Waals surface area contributed by atoms with Gasteiger partial charge in [-0.3, -0.25) is 4.79 Å². The summed E-state index contributed by atoms with van der Waals surface area (Å²) in [5, 5.41) is 0. The molecule has 3 saturated heterocycles. The van der Waals surface area contributed by atoms with Gasteiger partial charge in [0.25, 0.3) is 5.91 Å². The highest BCUT2D eigenvalue weighted by atomic mass is 16.5. The van der Waals surface area contributed by atoms with Gasteiger partial charge < -0.3 is 19.1 Å². The molecule has 0 unspecified atom stereocenters. The lowest BCUT2D eigenvalue weighted by atomic mass is 9.86. The lowest BCUT2D eigenvalue weighted by Gasteiger charge is -2.39. The number of likely N-dealkylation sites (tertiary alicyclic amines) is 2. The Labute approximate surface area is 143 Å². The van der Waals surface area contributed by atoms with E-state index >= 15 is 0 Å². The van der Waals surface area contributed by atoms with Crippen LogP contribution in [-0.4, -0.2) is 70.2 Å². The van der Waals surface area contributed by atoms with Crippen molar-refractivity contribution in [3.8, 4) is 0 Å². The van der Waals surface area contributed by atoms with E-state index in [4.69, 9.17) is 4.74 Å². The summed E-state index contributed by atoms with van der Waals surface area (Å²) in [6.07, 6.45) is 9.36. The van der Waals surface area contributed by atoms with Crippen molar-refractivity contribution in [2.45, 2.75) is 37.7 Å². The predicted molar refractivity (Wildman–Crippen MR) is 90.8 cm³/mol. The van der Waals surface area contributed by atoms with E-state index < -0.39 is 0 Å². The molecule has 4 rings (SSSR count). The molecule has 0 aliphatic carbocycles. The highest BCUT2D eigenvalue weighted by molar-refractivity contribution is 5.92.